The summed E-state index contributed by atoms with van der Waals surface area (Å²) in [6.45, 7) is 0. The molecule has 2 N–H and O–H groups in total. The Hall–Kier alpha value is -1.82. The predicted molar refractivity (Wildman–Crippen MR) is 53.2 cm³/mol. The van der Waals surface area contributed by atoms with Gasteiger partial charge in [0.2, 0.25) is 5.91 Å². The molecular weight excluding hydrogens is 176 g/mol. The van der Waals surface area contributed by atoms with Crippen LogP contribution in [0.3, 0.4) is 0 Å². The average molecular weight is 187 g/mol. The summed E-state index contributed by atoms with van der Waals surface area (Å²) < 4.78 is 0. The van der Waals surface area contributed by atoms with Crippen LogP contribution in [0.25, 0.3) is 0 Å². The van der Waals surface area contributed by atoms with E-state index in [9.17, 15) is 4.79 Å². The van der Waals surface area contributed by atoms with E-state index in [1.165, 1.54) is 6.42 Å². The van der Waals surface area contributed by atoms with E-state index in [1.54, 1.807) is 12.1 Å². The molecule has 1 amide bonds. The van der Waals surface area contributed by atoms with Gasteiger partial charge in [-0.05, 0) is 24.5 Å². The van der Waals surface area contributed by atoms with Crippen LogP contribution in [0.4, 0.5) is 0 Å². The molecule has 3 heteroatoms. The first-order valence-corrected chi connectivity index (χ1v) is 4.34. The second kappa shape index (κ2) is 5.03. The molecule has 1 radical (unpaired) electrons. The Morgan fingerprint density at radius 1 is 1.50 bits per heavy atom. The highest BCUT2D eigenvalue weighted by molar-refractivity contribution is 5.94. The highest BCUT2D eigenvalue weighted by Crippen LogP contribution is 2.10. The van der Waals surface area contributed by atoms with Gasteiger partial charge >= 0.3 is 0 Å². The first-order valence-electron chi connectivity index (χ1n) is 4.34. The molecule has 0 fully saturated rings. The van der Waals surface area contributed by atoms with E-state index < -0.39 is 5.91 Å². The average Bonchev–Trinajstić information content (AvgIpc) is 2.19. The Balaban J connectivity index is 2.75. The van der Waals surface area contributed by atoms with E-state index >= 15 is 0 Å². The van der Waals surface area contributed by atoms with Crippen molar-refractivity contribution in [2.45, 2.75) is 12.8 Å². The Morgan fingerprint density at radius 3 is 2.86 bits per heavy atom. The lowest BCUT2D eigenvalue weighted by molar-refractivity contribution is 0.0999. The fourth-order valence-electron chi connectivity index (χ4n) is 1.27. The van der Waals surface area contributed by atoms with Gasteiger partial charge in [0.05, 0.1) is 12.5 Å². The third kappa shape index (κ3) is 2.60. The zero-order valence-corrected chi connectivity index (χ0v) is 7.73. The number of rotatable bonds is 4. The van der Waals surface area contributed by atoms with Crippen molar-refractivity contribution in [1.29, 1.82) is 5.26 Å². The minimum atomic E-state index is -0.419. The van der Waals surface area contributed by atoms with Gasteiger partial charge in [-0.25, -0.2) is 0 Å². The molecule has 1 rings (SSSR count). The highest BCUT2D eigenvalue weighted by Gasteiger charge is 2.05. The van der Waals surface area contributed by atoms with Crippen LogP contribution in [0.15, 0.2) is 24.3 Å². The van der Waals surface area contributed by atoms with Crippen molar-refractivity contribution in [3.63, 3.8) is 0 Å². The van der Waals surface area contributed by atoms with E-state index in [-0.39, 0.29) is 0 Å². The fourth-order valence-corrected chi connectivity index (χ4v) is 1.27. The normalized spacial score (nSPS) is 9.36. The summed E-state index contributed by atoms with van der Waals surface area (Å²) in [4.78, 5) is 11.0. The zero-order valence-electron chi connectivity index (χ0n) is 7.73. The highest BCUT2D eigenvalue weighted by atomic mass is 16.1. The number of aryl methyl sites for hydroxylation is 1. The molecule has 0 aromatic heterocycles. The standard InChI is InChI=1S/C11H11N2O/c12-8-4-3-6-9-5-1-2-7-10(9)11(13)14/h1-2,4-5,7H,3,6H2,(H2,13,14). The van der Waals surface area contributed by atoms with Crippen LogP contribution >= 0.6 is 0 Å². The summed E-state index contributed by atoms with van der Waals surface area (Å²) in [6, 6.07) is 9.13. The van der Waals surface area contributed by atoms with Crippen LogP contribution in [-0.4, -0.2) is 5.91 Å². The number of nitrogens with zero attached hydrogens (tertiary/aromatic N) is 1. The Morgan fingerprint density at radius 2 is 2.21 bits per heavy atom. The van der Waals surface area contributed by atoms with Crippen molar-refractivity contribution in [1.82, 2.24) is 0 Å². The van der Waals surface area contributed by atoms with Crippen LogP contribution < -0.4 is 5.73 Å². The van der Waals surface area contributed by atoms with Crippen molar-refractivity contribution in [3.05, 3.63) is 41.8 Å². The fraction of sp³-hybridized carbons (Fsp3) is 0.182. The van der Waals surface area contributed by atoms with E-state index in [1.807, 2.05) is 18.2 Å². The Kier molecular flexibility index (Phi) is 3.69. The molecule has 71 valence electrons. The van der Waals surface area contributed by atoms with Gasteiger partial charge in [-0.2, -0.15) is 5.26 Å². The molecule has 0 bridgehead atoms. The van der Waals surface area contributed by atoms with Crippen molar-refractivity contribution < 1.29 is 4.79 Å². The van der Waals surface area contributed by atoms with E-state index in [2.05, 4.69) is 0 Å². The maximum absolute atomic E-state index is 11.0. The maximum atomic E-state index is 11.0. The van der Waals surface area contributed by atoms with Crippen LogP contribution in [0.2, 0.25) is 0 Å². The number of carbonyl (C=O) groups excluding carboxylic acids is 1. The molecule has 0 aliphatic heterocycles. The largest absolute Gasteiger partial charge is 0.366 e. The second-order valence-corrected chi connectivity index (χ2v) is 2.89. The van der Waals surface area contributed by atoms with Crippen molar-refractivity contribution in [2.75, 3.05) is 0 Å². The molecule has 14 heavy (non-hydrogen) atoms. The molecule has 0 saturated carbocycles. The number of amides is 1. The molecule has 1 aromatic rings. The van der Waals surface area contributed by atoms with Gasteiger partial charge in [-0.1, -0.05) is 18.2 Å². The summed E-state index contributed by atoms with van der Waals surface area (Å²) >= 11 is 0. The molecule has 3 nitrogen and oxygen atoms in total. The van der Waals surface area contributed by atoms with Gasteiger partial charge in [0.25, 0.3) is 0 Å². The summed E-state index contributed by atoms with van der Waals surface area (Å²) in [5.74, 6) is -0.419. The minimum Gasteiger partial charge on any atom is -0.366 e. The maximum Gasteiger partial charge on any atom is 0.248 e. The van der Waals surface area contributed by atoms with Gasteiger partial charge in [-0.15, -0.1) is 0 Å². The first-order chi connectivity index (χ1) is 6.75. The Bertz CT molecular complexity index is 366. The second-order valence-electron chi connectivity index (χ2n) is 2.89. The SMILES string of the molecule is N#C[CH]CCc1ccccc1C(N)=O. The van der Waals surface area contributed by atoms with Gasteiger partial charge in [0.1, 0.15) is 0 Å². The predicted octanol–water partition coefficient (Wildman–Crippen LogP) is 1.45. The molecular formula is C11H11N2O. The van der Waals surface area contributed by atoms with Gasteiger partial charge in [0.15, 0.2) is 0 Å². The first kappa shape index (κ1) is 10.3. The van der Waals surface area contributed by atoms with Crippen LogP contribution in [0.1, 0.15) is 22.3 Å². The van der Waals surface area contributed by atoms with Gasteiger partial charge in [0, 0.05) is 5.56 Å². The van der Waals surface area contributed by atoms with Gasteiger partial charge in [-0.3, -0.25) is 4.79 Å². The quantitative estimate of drug-likeness (QED) is 0.725. The van der Waals surface area contributed by atoms with Crippen LogP contribution in [0.5, 0.6) is 0 Å². The van der Waals surface area contributed by atoms with Crippen molar-refractivity contribution in [3.8, 4) is 6.07 Å². The molecule has 0 saturated heterocycles. The number of hydrogen-bond donors (Lipinski definition) is 1. The molecule has 0 heterocycles. The number of nitriles is 1. The summed E-state index contributed by atoms with van der Waals surface area (Å²) in [5.41, 5.74) is 6.64. The lowest BCUT2D eigenvalue weighted by Crippen LogP contribution is -2.13. The van der Waals surface area contributed by atoms with Crippen molar-refractivity contribution >= 4 is 5.91 Å². The molecule has 0 unspecified atom stereocenters. The van der Waals surface area contributed by atoms with E-state index in [0.29, 0.717) is 18.4 Å². The van der Waals surface area contributed by atoms with Crippen LogP contribution in [0, 0.1) is 17.8 Å². The van der Waals surface area contributed by atoms with Crippen LogP contribution in [-0.2, 0) is 6.42 Å². The van der Waals surface area contributed by atoms with Crippen molar-refractivity contribution in [2.24, 2.45) is 5.73 Å². The molecule has 0 aliphatic rings. The lowest BCUT2D eigenvalue weighted by atomic mass is 10.0. The lowest BCUT2D eigenvalue weighted by Gasteiger charge is -2.04. The molecule has 0 spiro atoms. The number of unbranched alkanes of at least 4 members (excludes halogenated alkanes) is 1. The molecule has 1 aromatic carbocycles. The molecule has 0 aliphatic carbocycles. The number of hydrogen-bond acceptors (Lipinski definition) is 2. The smallest absolute Gasteiger partial charge is 0.248 e. The number of benzene rings is 1. The summed E-state index contributed by atoms with van der Waals surface area (Å²) in [6.07, 6.45) is 2.82. The third-order valence-corrected chi connectivity index (χ3v) is 1.93. The van der Waals surface area contributed by atoms with Gasteiger partial charge < -0.3 is 5.73 Å². The number of primary amides is 1. The minimum absolute atomic E-state index is 0.419. The topological polar surface area (TPSA) is 66.9 Å². The zero-order chi connectivity index (χ0) is 10.4. The van der Waals surface area contributed by atoms with E-state index in [0.717, 1.165) is 5.56 Å². The summed E-state index contributed by atoms with van der Waals surface area (Å²) in [7, 11) is 0. The number of carbonyl (C=O) groups is 1. The van der Waals surface area contributed by atoms with E-state index in [4.69, 9.17) is 11.0 Å². The third-order valence-electron chi connectivity index (χ3n) is 1.93. The number of nitrogens with two attached hydrogens (primary N) is 1. The monoisotopic (exact) mass is 187 g/mol. The summed E-state index contributed by atoms with van der Waals surface area (Å²) in [5, 5.41) is 8.33. The Labute approximate surface area is 83.2 Å². The molecule has 0 atom stereocenters.